The van der Waals surface area contributed by atoms with E-state index in [1.165, 1.54) is 12.1 Å². The lowest BCUT2D eigenvalue weighted by Gasteiger charge is -2.32. The predicted octanol–water partition coefficient (Wildman–Crippen LogP) is 2.70. The third kappa shape index (κ3) is 2.49. The highest BCUT2D eigenvalue weighted by molar-refractivity contribution is 9.10. The van der Waals surface area contributed by atoms with E-state index in [-0.39, 0.29) is 9.94 Å². The van der Waals surface area contributed by atoms with E-state index in [4.69, 9.17) is 9.31 Å². The maximum Gasteiger partial charge on any atom is 0.497 e. The molecule has 6 heteroatoms. The fourth-order valence-electron chi connectivity index (χ4n) is 1.84. The number of hydrogen-bond donors (Lipinski definition) is 0. The summed E-state index contributed by atoms with van der Waals surface area (Å²) in [5.74, 6) is -0.468. The number of benzene rings is 1. The van der Waals surface area contributed by atoms with Crippen LogP contribution in [-0.2, 0) is 9.31 Å². The summed E-state index contributed by atoms with van der Waals surface area (Å²) in [6, 6.07) is 2.88. The van der Waals surface area contributed by atoms with Gasteiger partial charge in [-0.3, -0.25) is 4.79 Å². The Labute approximate surface area is 120 Å². The smallest absolute Gasteiger partial charge is 0.399 e. The normalized spacial score (nSPS) is 20.6. The van der Waals surface area contributed by atoms with Crippen LogP contribution in [0.1, 0.15) is 38.1 Å². The Hall–Kier alpha value is -0.715. The summed E-state index contributed by atoms with van der Waals surface area (Å²) in [4.78, 5) is 10.9. The molecule has 0 atom stereocenters. The Kier molecular flexibility index (Phi) is 3.62. The van der Waals surface area contributed by atoms with Gasteiger partial charge in [0, 0.05) is 11.0 Å². The predicted molar refractivity (Wildman–Crippen MR) is 75.2 cm³/mol. The van der Waals surface area contributed by atoms with Gasteiger partial charge >= 0.3 is 7.12 Å². The molecule has 102 valence electrons. The number of halogens is 2. The molecule has 0 amide bonds. The lowest BCUT2D eigenvalue weighted by molar-refractivity contribution is 0.00578. The molecule has 0 aliphatic carbocycles. The molecule has 1 aliphatic rings. The topological polar surface area (TPSA) is 35.5 Å². The Morgan fingerprint density at radius 1 is 1.21 bits per heavy atom. The van der Waals surface area contributed by atoms with E-state index in [0.717, 1.165) is 0 Å². The zero-order chi connectivity index (χ0) is 14.4. The van der Waals surface area contributed by atoms with Crippen LogP contribution in [-0.4, -0.2) is 24.6 Å². The van der Waals surface area contributed by atoms with E-state index in [0.29, 0.717) is 11.8 Å². The van der Waals surface area contributed by atoms with E-state index in [2.05, 4.69) is 15.9 Å². The first-order valence-corrected chi connectivity index (χ1v) is 6.77. The van der Waals surface area contributed by atoms with Gasteiger partial charge in [0.25, 0.3) is 0 Å². The minimum atomic E-state index is -0.818. The minimum absolute atomic E-state index is 0.224. The molecule has 2 rings (SSSR count). The summed E-state index contributed by atoms with van der Waals surface area (Å²) in [6.45, 7) is 7.57. The van der Waals surface area contributed by atoms with Gasteiger partial charge < -0.3 is 9.31 Å². The zero-order valence-corrected chi connectivity index (χ0v) is 12.9. The van der Waals surface area contributed by atoms with Crippen LogP contribution in [0.25, 0.3) is 0 Å². The molecule has 0 N–H and O–H groups in total. The molecule has 0 spiro atoms. The van der Waals surface area contributed by atoms with Gasteiger partial charge in [-0.15, -0.1) is 0 Å². The molecule has 0 bridgehead atoms. The number of hydrogen-bond acceptors (Lipinski definition) is 3. The molecule has 1 aromatic rings. The molecule has 0 radical (unpaired) electrons. The summed E-state index contributed by atoms with van der Waals surface area (Å²) in [6.07, 6.45) is 0.666. The summed E-state index contributed by atoms with van der Waals surface area (Å²) in [5.41, 5.74) is -0.491. The van der Waals surface area contributed by atoms with Gasteiger partial charge in [0.1, 0.15) is 12.1 Å². The highest BCUT2D eigenvalue weighted by atomic mass is 79.9. The van der Waals surface area contributed by atoms with Gasteiger partial charge in [-0.25, -0.2) is 4.39 Å². The fraction of sp³-hybridized carbons (Fsp3) is 0.462. The third-order valence-electron chi connectivity index (χ3n) is 3.72. The lowest BCUT2D eigenvalue weighted by atomic mass is 9.78. The van der Waals surface area contributed by atoms with Crippen molar-refractivity contribution in [2.45, 2.75) is 38.9 Å². The fourth-order valence-corrected chi connectivity index (χ4v) is 2.33. The van der Waals surface area contributed by atoms with Gasteiger partial charge in [0.05, 0.1) is 15.7 Å². The second-order valence-electron chi connectivity index (χ2n) is 5.61. The molecule has 1 saturated heterocycles. The Balaban J connectivity index is 2.44. The van der Waals surface area contributed by atoms with Gasteiger partial charge in [0.2, 0.25) is 0 Å². The van der Waals surface area contributed by atoms with Crippen molar-refractivity contribution in [3.05, 3.63) is 28.0 Å². The van der Waals surface area contributed by atoms with Gasteiger partial charge in [-0.2, -0.15) is 0 Å². The van der Waals surface area contributed by atoms with Gasteiger partial charge in [-0.05, 0) is 55.8 Å². The maximum absolute atomic E-state index is 14.2. The van der Waals surface area contributed by atoms with Crippen molar-refractivity contribution < 1.29 is 18.5 Å². The van der Waals surface area contributed by atoms with Gasteiger partial charge in [0.15, 0.2) is 0 Å². The van der Waals surface area contributed by atoms with Crippen LogP contribution >= 0.6 is 15.9 Å². The first-order valence-electron chi connectivity index (χ1n) is 5.98. The van der Waals surface area contributed by atoms with Crippen molar-refractivity contribution in [1.82, 2.24) is 0 Å². The average Bonchev–Trinajstić information content (AvgIpc) is 2.51. The third-order valence-corrected chi connectivity index (χ3v) is 4.30. The minimum Gasteiger partial charge on any atom is -0.399 e. The molecule has 1 aliphatic heterocycles. The van der Waals surface area contributed by atoms with E-state index < -0.39 is 24.1 Å². The molecular weight excluding hydrogens is 314 g/mol. The van der Waals surface area contributed by atoms with Crippen molar-refractivity contribution in [3.8, 4) is 0 Å². The van der Waals surface area contributed by atoms with Crippen LogP contribution in [0, 0.1) is 5.82 Å². The number of aldehydes is 1. The highest BCUT2D eigenvalue weighted by Crippen LogP contribution is 2.37. The van der Waals surface area contributed by atoms with Crippen molar-refractivity contribution in [1.29, 1.82) is 0 Å². The molecule has 0 saturated carbocycles. The Bertz CT molecular complexity index is 515. The van der Waals surface area contributed by atoms with Crippen molar-refractivity contribution in [3.63, 3.8) is 0 Å². The van der Waals surface area contributed by atoms with Crippen molar-refractivity contribution in [2.24, 2.45) is 0 Å². The Morgan fingerprint density at radius 3 is 2.21 bits per heavy atom. The monoisotopic (exact) mass is 328 g/mol. The van der Waals surface area contributed by atoms with Crippen LogP contribution in [0.3, 0.4) is 0 Å². The quantitative estimate of drug-likeness (QED) is 0.618. The second kappa shape index (κ2) is 4.68. The first-order chi connectivity index (χ1) is 8.68. The standard InChI is InChI=1S/C13H15BBrFO3/c1-12(2)13(3,4)19-14(18-12)9-5-8(7-17)6-10(15)11(9)16/h5-7H,1-4H3. The molecule has 3 nitrogen and oxygen atoms in total. The first kappa shape index (κ1) is 14.7. The second-order valence-corrected chi connectivity index (χ2v) is 6.47. The average molecular weight is 329 g/mol. The number of rotatable bonds is 2. The maximum atomic E-state index is 14.2. The van der Waals surface area contributed by atoms with E-state index in [1.807, 2.05) is 27.7 Å². The van der Waals surface area contributed by atoms with Crippen LogP contribution in [0.2, 0.25) is 0 Å². The summed E-state index contributed by atoms with van der Waals surface area (Å²) in [7, 11) is -0.818. The molecule has 1 aromatic carbocycles. The Morgan fingerprint density at radius 2 is 1.74 bits per heavy atom. The van der Waals surface area contributed by atoms with Crippen molar-refractivity contribution in [2.75, 3.05) is 0 Å². The summed E-state index contributed by atoms with van der Waals surface area (Å²) in [5, 5.41) is 0. The van der Waals surface area contributed by atoms with Crippen LogP contribution in [0.5, 0.6) is 0 Å². The molecule has 0 unspecified atom stereocenters. The van der Waals surface area contributed by atoms with Crippen LogP contribution in [0.15, 0.2) is 16.6 Å². The highest BCUT2D eigenvalue weighted by Gasteiger charge is 2.52. The van der Waals surface area contributed by atoms with Gasteiger partial charge in [-0.1, -0.05) is 0 Å². The number of carbonyl (C=O) groups excluding carboxylic acids is 1. The molecule has 1 heterocycles. The van der Waals surface area contributed by atoms with E-state index in [9.17, 15) is 9.18 Å². The molecule has 19 heavy (non-hydrogen) atoms. The van der Waals surface area contributed by atoms with Crippen LogP contribution in [0.4, 0.5) is 4.39 Å². The molecular formula is C13H15BBrFO3. The van der Waals surface area contributed by atoms with Crippen molar-refractivity contribution >= 4 is 34.8 Å². The summed E-state index contributed by atoms with van der Waals surface area (Å²) < 4.78 is 25.9. The summed E-state index contributed by atoms with van der Waals surface area (Å²) >= 11 is 3.10. The molecule has 1 fully saturated rings. The lowest BCUT2D eigenvalue weighted by Crippen LogP contribution is -2.41. The zero-order valence-electron chi connectivity index (χ0n) is 11.3. The largest absolute Gasteiger partial charge is 0.497 e. The van der Waals surface area contributed by atoms with E-state index in [1.54, 1.807) is 0 Å². The SMILES string of the molecule is CC1(C)OB(c2cc(C=O)cc(Br)c2F)OC1(C)C. The van der Waals surface area contributed by atoms with Crippen LogP contribution < -0.4 is 5.46 Å². The van der Waals surface area contributed by atoms with E-state index >= 15 is 0 Å². The number of carbonyl (C=O) groups is 1. The molecule has 0 aromatic heterocycles.